The number of ether oxygens (including phenoxy) is 2. The minimum absolute atomic E-state index is 0.0822. The van der Waals surface area contributed by atoms with Crippen LogP contribution in [-0.4, -0.2) is 42.4 Å². The van der Waals surface area contributed by atoms with Crippen molar-refractivity contribution in [2.45, 2.75) is 32.3 Å². The Morgan fingerprint density at radius 2 is 2.00 bits per heavy atom. The molecule has 0 aromatic carbocycles. The normalized spacial score (nSPS) is 20.7. The molecule has 1 unspecified atom stereocenters. The molecule has 2 rings (SSSR count). The molecule has 2 heterocycles. The summed E-state index contributed by atoms with van der Waals surface area (Å²) in [5.74, 6) is 0.636. The average Bonchev–Trinajstić information content (AvgIpc) is 2.37. The number of hydrogen-bond acceptors (Lipinski definition) is 5. The Morgan fingerprint density at radius 3 is 2.56 bits per heavy atom. The van der Waals surface area contributed by atoms with E-state index in [-0.39, 0.29) is 11.5 Å². The summed E-state index contributed by atoms with van der Waals surface area (Å²) >= 11 is 0. The highest BCUT2D eigenvalue weighted by molar-refractivity contribution is 5.27. The molecule has 5 nitrogen and oxygen atoms in total. The summed E-state index contributed by atoms with van der Waals surface area (Å²) in [6, 6.07) is 0. The van der Waals surface area contributed by atoms with Crippen molar-refractivity contribution in [2.24, 2.45) is 0 Å². The van der Waals surface area contributed by atoms with Gasteiger partial charge in [0, 0.05) is 18.9 Å². The first-order valence-electron chi connectivity index (χ1n) is 6.31. The van der Waals surface area contributed by atoms with E-state index in [1.807, 2.05) is 12.4 Å². The van der Waals surface area contributed by atoms with E-state index in [0.717, 1.165) is 5.56 Å². The van der Waals surface area contributed by atoms with Crippen molar-refractivity contribution in [2.75, 3.05) is 31.7 Å². The predicted octanol–water partition coefficient (Wildman–Crippen LogP) is 1.60. The zero-order chi connectivity index (χ0) is 13.0. The van der Waals surface area contributed by atoms with Gasteiger partial charge in [-0.1, -0.05) is 20.8 Å². The van der Waals surface area contributed by atoms with Crippen LogP contribution >= 0.6 is 0 Å². The molecule has 1 saturated heterocycles. The molecule has 100 valence electrons. The van der Waals surface area contributed by atoms with Crippen LogP contribution in [0.25, 0.3) is 0 Å². The first kappa shape index (κ1) is 13.2. The van der Waals surface area contributed by atoms with Gasteiger partial charge in [-0.25, -0.2) is 9.97 Å². The number of nitrogens with one attached hydrogen (secondary N) is 1. The Hall–Kier alpha value is -1.20. The summed E-state index contributed by atoms with van der Waals surface area (Å²) in [5, 5.41) is 3.17. The van der Waals surface area contributed by atoms with Crippen LogP contribution in [0.2, 0.25) is 0 Å². The van der Waals surface area contributed by atoms with E-state index in [2.05, 4.69) is 36.1 Å². The summed E-state index contributed by atoms with van der Waals surface area (Å²) in [5.41, 5.74) is 1.21. The van der Waals surface area contributed by atoms with Crippen LogP contribution in [0, 0.1) is 0 Å². The third-order valence-electron chi connectivity index (χ3n) is 2.89. The van der Waals surface area contributed by atoms with Crippen LogP contribution in [0.1, 0.15) is 26.3 Å². The molecule has 0 radical (unpaired) electrons. The first-order valence-corrected chi connectivity index (χ1v) is 6.31. The predicted molar refractivity (Wildman–Crippen MR) is 69.8 cm³/mol. The zero-order valence-electron chi connectivity index (χ0n) is 11.3. The van der Waals surface area contributed by atoms with Gasteiger partial charge in [-0.2, -0.15) is 0 Å². The smallest absolute Gasteiger partial charge is 0.222 e. The molecule has 1 aromatic heterocycles. The minimum atomic E-state index is 0.0822. The summed E-state index contributed by atoms with van der Waals surface area (Å²) in [4.78, 5) is 8.62. The Balaban J connectivity index is 1.86. The molecule has 1 aliphatic rings. The van der Waals surface area contributed by atoms with E-state index < -0.39 is 0 Å². The van der Waals surface area contributed by atoms with Crippen LogP contribution in [0.15, 0.2) is 12.4 Å². The Bertz CT molecular complexity index is 367. The van der Waals surface area contributed by atoms with E-state index in [4.69, 9.17) is 9.47 Å². The first-order chi connectivity index (χ1) is 8.55. The molecule has 0 amide bonds. The lowest BCUT2D eigenvalue weighted by Crippen LogP contribution is -2.34. The van der Waals surface area contributed by atoms with Crippen LogP contribution < -0.4 is 5.32 Å². The van der Waals surface area contributed by atoms with Crippen molar-refractivity contribution in [1.29, 1.82) is 0 Å². The fraction of sp³-hybridized carbons (Fsp3) is 0.692. The lowest BCUT2D eigenvalue weighted by Gasteiger charge is -2.23. The summed E-state index contributed by atoms with van der Waals surface area (Å²) < 4.78 is 10.9. The van der Waals surface area contributed by atoms with Gasteiger partial charge < -0.3 is 14.8 Å². The Labute approximate surface area is 108 Å². The van der Waals surface area contributed by atoms with Crippen LogP contribution in [0.4, 0.5) is 5.95 Å². The molecule has 0 saturated carbocycles. The molecule has 5 heteroatoms. The maximum absolute atomic E-state index is 5.53. The molecular formula is C13H21N3O2. The molecule has 0 bridgehead atoms. The van der Waals surface area contributed by atoms with Crippen molar-refractivity contribution in [3.8, 4) is 0 Å². The number of aromatic nitrogens is 2. The maximum atomic E-state index is 5.53. The highest BCUT2D eigenvalue weighted by atomic mass is 16.6. The lowest BCUT2D eigenvalue weighted by atomic mass is 9.89. The van der Waals surface area contributed by atoms with Gasteiger partial charge in [-0.05, 0) is 11.0 Å². The molecule has 1 fully saturated rings. The molecule has 1 atom stereocenters. The SMILES string of the molecule is CC(C)(C)c1cnc(NCC2COCCO2)nc1. The molecule has 0 spiro atoms. The quantitative estimate of drug-likeness (QED) is 0.884. The third-order valence-corrected chi connectivity index (χ3v) is 2.89. The van der Waals surface area contributed by atoms with Gasteiger partial charge in [0.25, 0.3) is 0 Å². The number of anilines is 1. The Kier molecular flexibility index (Phi) is 4.14. The highest BCUT2D eigenvalue weighted by Gasteiger charge is 2.16. The Morgan fingerprint density at radius 1 is 1.28 bits per heavy atom. The second-order valence-electron chi connectivity index (χ2n) is 5.49. The fourth-order valence-corrected chi connectivity index (χ4v) is 1.67. The van der Waals surface area contributed by atoms with Crippen LogP contribution in [-0.2, 0) is 14.9 Å². The largest absolute Gasteiger partial charge is 0.376 e. The van der Waals surface area contributed by atoms with Crippen molar-refractivity contribution in [3.05, 3.63) is 18.0 Å². The van der Waals surface area contributed by atoms with E-state index >= 15 is 0 Å². The van der Waals surface area contributed by atoms with Crippen molar-refractivity contribution in [1.82, 2.24) is 9.97 Å². The molecule has 1 aliphatic heterocycles. The molecule has 0 aliphatic carbocycles. The minimum Gasteiger partial charge on any atom is -0.376 e. The van der Waals surface area contributed by atoms with Crippen molar-refractivity contribution >= 4 is 5.95 Å². The van der Waals surface area contributed by atoms with Gasteiger partial charge in [0.2, 0.25) is 5.95 Å². The van der Waals surface area contributed by atoms with Gasteiger partial charge >= 0.3 is 0 Å². The molecule has 1 aromatic rings. The van der Waals surface area contributed by atoms with E-state index in [0.29, 0.717) is 32.3 Å². The standard InChI is InChI=1S/C13H21N3O2/c1-13(2,3)10-6-14-12(15-7-10)16-8-11-9-17-4-5-18-11/h6-7,11H,4-5,8-9H2,1-3H3,(H,14,15,16). The molecule has 18 heavy (non-hydrogen) atoms. The van der Waals surface area contributed by atoms with Gasteiger partial charge in [-0.3, -0.25) is 0 Å². The molecule has 1 N–H and O–H groups in total. The van der Waals surface area contributed by atoms with Crippen molar-refractivity contribution in [3.63, 3.8) is 0 Å². The van der Waals surface area contributed by atoms with Gasteiger partial charge in [-0.15, -0.1) is 0 Å². The summed E-state index contributed by atoms with van der Waals surface area (Å²) in [7, 11) is 0. The maximum Gasteiger partial charge on any atom is 0.222 e. The van der Waals surface area contributed by atoms with Crippen LogP contribution in [0.5, 0.6) is 0 Å². The molecular weight excluding hydrogens is 230 g/mol. The van der Waals surface area contributed by atoms with E-state index in [1.165, 1.54) is 0 Å². The summed E-state index contributed by atoms with van der Waals surface area (Å²) in [6.07, 6.45) is 3.82. The topological polar surface area (TPSA) is 56.3 Å². The lowest BCUT2D eigenvalue weighted by molar-refractivity contribution is -0.0819. The van der Waals surface area contributed by atoms with Crippen molar-refractivity contribution < 1.29 is 9.47 Å². The van der Waals surface area contributed by atoms with Gasteiger partial charge in [0.05, 0.1) is 25.9 Å². The van der Waals surface area contributed by atoms with Gasteiger partial charge in [0.1, 0.15) is 0 Å². The van der Waals surface area contributed by atoms with Gasteiger partial charge in [0.15, 0.2) is 0 Å². The van der Waals surface area contributed by atoms with E-state index in [1.54, 1.807) is 0 Å². The summed E-state index contributed by atoms with van der Waals surface area (Å²) in [6.45, 7) is 9.09. The van der Waals surface area contributed by atoms with E-state index in [9.17, 15) is 0 Å². The third kappa shape index (κ3) is 3.65. The average molecular weight is 251 g/mol. The zero-order valence-corrected chi connectivity index (χ0v) is 11.3. The number of nitrogens with zero attached hydrogens (tertiary/aromatic N) is 2. The number of rotatable bonds is 3. The fourth-order valence-electron chi connectivity index (χ4n) is 1.67. The second-order valence-corrected chi connectivity index (χ2v) is 5.49. The van der Waals surface area contributed by atoms with Crippen LogP contribution in [0.3, 0.4) is 0 Å². The monoisotopic (exact) mass is 251 g/mol. The number of hydrogen-bond donors (Lipinski definition) is 1. The second kappa shape index (κ2) is 5.63. The highest BCUT2D eigenvalue weighted by Crippen LogP contribution is 2.20.